The topological polar surface area (TPSA) is 68.5 Å². The number of benzene rings is 2. The largest absolute Gasteiger partial charge is 0.417 e. The second-order valence-corrected chi connectivity index (χ2v) is 6.06. The third kappa shape index (κ3) is 3.89. The van der Waals surface area contributed by atoms with Gasteiger partial charge in [0, 0.05) is 19.7 Å². The SMILES string of the molecule is COC/C(=N\NC=O)c1ccc(-c2ccc3ncn(C)c3c2)c(C(F)(F)F)c1. The summed E-state index contributed by atoms with van der Waals surface area (Å²) in [6.07, 6.45) is -2.64. The smallest absolute Gasteiger partial charge is 0.378 e. The first-order valence-electron chi connectivity index (χ1n) is 8.23. The zero-order valence-electron chi connectivity index (χ0n) is 15.1. The molecule has 3 aromatic rings. The number of nitrogens with zero attached hydrogens (tertiary/aromatic N) is 3. The number of carbonyl (C=O) groups excluding carboxylic acids is 1. The van der Waals surface area contributed by atoms with Gasteiger partial charge in [-0.1, -0.05) is 18.2 Å². The number of alkyl halides is 3. The van der Waals surface area contributed by atoms with E-state index in [0.29, 0.717) is 17.5 Å². The van der Waals surface area contributed by atoms with Crippen LogP contribution in [0, 0.1) is 0 Å². The summed E-state index contributed by atoms with van der Waals surface area (Å²) in [5.41, 5.74) is 3.56. The molecule has 0 aliphatic heterocycles. The van der Waals surface area contributed by atoms with Crippen molar-refractivity contribution in [3.8, 4) is 11.1 Å². The molecule has 0 unspecified atom stereocenters. The molecule has 0 aliphatic rings. The average Bonchev–Trinajstić information content (AvgIpc) is 3.04. The van der Waals surface area contributed by atoms with Crippen molar-refractivity contribution in [3.05, 3.63) is 53.9 Å². The first-order chi connectivity index (χ1) is 13.3. The number of aromatic nitrogens is 2. The van der Waals surface area contributed by atoms with Crippen molar-refractivity contribution >= 4 is 23.2 Å². The lowest BCUT2D eigenvalue weighted by atomic mass is 9.95. The van der Waals surface area contributed by atoms with E-state index >= 15 is 0 Å². The fourth-order valence-corrected chi connectivity index (χ4v) is 2.92. The van der Waals surface area contributed by atoms with Crippen LogP contribution < -0.4 is 5.43 Å². The summed E-state index contributed by atoms with van der Waals surface area (Å²) in [6.45, 7) is -0.0571. The molecule has 0 saturated heterocycles. The average molecular weight is 390 g/mol. The number of aryl methyl sites for hydroxylation is 1. The van der Waals surface area contributed by atoms with Crippen molar-refractivity contribution in [2.45, 2.75) is 6.18 Å². The number of methoxy groups -OCH3 is 1. The number of ether oxygens (including phenoxy) is 1. The van der Waals surface area contributed by atoms with Crippen LogP contribution in [0.25, 0.3) is 22.2 Å². The van der Waals surface area contributed by atoms with Gasteiger partial charge in [0.1, 0.15) is 0 Å². The molecule has 0 spiro atoms. The van der Waals surface area contributed by atoms with Gasteiger partial charge in [-0.3, -0.25) is 4.79 Å². The van der Waals surface area contributed by atoms with Gasteiger partial charge >= 0.3 is 6.18 Å². The summed E-state index contributed by atoms with van der Waals surface area (Å²) < 4.78 is 48.1. The number of rotatable bonds is 6. The summed E-state index contributed by atoms with van der Waals surface area (Å²) in [5, 5.41) is 3.77. The third-order valence-electron chi connectivity index (χ3n) is 4.23. The third-order valence-corrected chi connectivity index (χ3v) is 4.23. The molecule has 1 N–H and O–H groups in total. The zero-order valence-corrected chi connectivity index (χ0v) is 15.1. The fraction of sp³-hybridized carbons (Fsp3) is 0.211. The number of fused-ring (bicyclic) bond motifs is 1. The Kier molecular flexibility index (Phi) is 5.46. The van der Waals surface area contributed by atoms with E-state index in [1.807, 2.05) is 0 Å². The first kappa shape index (κ1) is 19.6. The maximum atomic E-state index is 13.8. The Balaban J connectivity index is 2.15. The van der Waals surface area contributed by atoms with E-state index in [2.05, 4.69) is 15.5 Å². The molecule has 2 aromatic carbocycles. The van der Waals surface area contributed by atoms with Crippen LogP contribution in [0.3, 0.4) is 0 Å². The molecule has 0 fully saturated rings. The van der Waals surface area contributed by atoms with Crippen LogP contribution >= 0.6 is 0 Å². The predicted molar refractivity (Wildman–Crippen MR) is 98.8 cm³/mol. The molecular formula is C19H17F3N4O2. The minimum absolute atomic E-state index is 0.0412. The van der Waals surface area contributed by atoms with E-state index in [1.165, 1.54) is 19.2 Å². The lowest BCUT2D eigenvalue weighted by molar-refractivity contribution is -0.137. The van der Waals surface area contributed by atoms with Crippen molar-refractivity contribution in [2.24, 2.45) is 12.1 Å². The van der Waals surface area contributed by atoms with Gasteiger partial charge < -0.3 is 9.30 Å². The van der Waals surface area contributed by atoms with E-state index in [-0.39, 0.29) is 23.4 Å². The Labute approximate surface area is 158 Å². The second-order valence-electron chi connectivity index (χ2n) is 6.06. The maximum Gasteiger partial charge on any atom is 0.417 e. The van der Waals surface area contributed by atoms with E-state index in [9.17, 15) is 18.0 Å². The van der Waals surface area contributed by atoms with E-state index < -0.39 is 11.7 Å². The molecule has 0 radical (unpaired) electrons. The predicted octanol–water partition coefficient (Wildman–Crippen LogP) is 3.36. The Morgan fingerprint density at radius 3 is 2.75 bits per heavy atom. The van der Waals surface area contributed by atoms with Crippen molar-refractivity contribution in [1.29, 1.82) is 0 Å². The van der Waals surface area contributed by atoms with Crippen molar-refractivity contribution < 1.29 is 22.7 Å². The van der Waals surface area contributed by atoms with Gasteiger partial charge in [0.25, 0.3) is 0 Å². The van der Waals surface area contributed by atoms with Gasteiger partial charge in [-0.05, 0) is 29.3 Å². The van der Waals surface area contributed by atoms with Crippen LogP contribution in [0.1, 0.15) is 11.1 Å². The van der Waals surface area contributed by atoms with Crippen LogP contribution in [-0.2, 0) is 22.8 Å². The number of hydrogen-bond acceptors (Lipinski definition) is 4. The van der Waals surface area contributed by atoms with Gasteiger partial charge in [0.15, 0.2) is 0 Å². The van der Waals surface area contributed by atoms with Crippen LogP contribution in [0.5, 0.6) is 0 Å². The van der Waals surface area contributed by atoms with Crippen LogP contribution in [0.15, 0.2) is 47.8 Å². The lowest BCUT2D eigenvalue weighted by Crippen LogP contribution is -2.16. The van der Waals surface area contributed by atoms with Gasteiger partial charge in [0.2, 0.25) is 6.41 Å². The van der Waals surface area contributed by atoms with Crippen LogP contribution in [0.2, 0.25) is 0 Å². The minimum atomic E-state index is -4.58. The summed E-state index contributed by atoms with van der Waals surface area (Å²) in [4.78, 5) is 14.7. The minimum Gasteiger partial charge on any atom is -0.378 e. The lowest BCUT2D eigenvalue weighted by Gasteiger charge is -2.16. The number of imidazole rings is 1. The Hall–Kier alpha value is -3.20. The molecule has 28 heavy (non-hydrogen) atoms. The Morgan fingerprint density at radius 1 is 1.29 bits per heavy atom. The summed E-state index contributed by atoms with van der Waals surface area (Å²) in [5.74, 6) is 0. The van der Waals surface area contributed by atoms with E-state index in [4.69, 9.17) is 4.74 Å². The monoisotopic (exact) mass is 390 g/mol. The Bertz CT molecular complexity index is 1040. The molecule has 1 heterocycles. The summed E-state index contributed by atoms with van der Waals surface area (Å²) in [6, 6.07) is 8.88. The molecule has 146 valence electrons. The standard InChI is InChI=1S/C19H17F3N4O2/c1-26-10-23-16-6-4-12(8-18(16)26)14-5-3-13(7-15(14)19(20,21)22)17(9-28-2)25-24-11-27/h3-8,10-11H,9H2,1-2H3,(H,24,27)/b25-17+. The maximum absolute atomic E-state index is 13.8. The number of amides is 1. The van der Waals surface area contributed by atoms with Gasteiger partial charge in [-0.2, -0.15) is 18.3 Å². The molecule has 9 heteroatoms. The summed E-state index contributed by atoms with van der Waals surface area (Å²) >= 11 is 0. The van der Waals surface area contributed by atoms with Gasteiger partial charge in [0.05, 0.1) is 35.2 Å². The van der Waals surface area contributed by atoms with E-state index in [1.54, 1.807) is 36.1 Å². The highest BCUT2D eigenvalue weighted by atomic mass is 19.4. The Morgan fingerprint density at radius 2 is 2.07 bits per heavy atom. The number of halogens is 3. The number of hydrogen-bond donors (Lipinski definition) is 1. The highest BCUT2D eigenvalue weighted by molar-refractivity contribution is 6.02. The molecule has 6 nitrogen and oxygen atoms in total. The highest BCUT2D eigenvalue weighted by Gasteiger charge is 2.34. The zero-order chi connectivity index (χ0) is 20.3. The molecule has 0 bridgehead atoms. The number of nitrogens with one attached hydrogen (secondary N) is 1. The van der Waals surface area contributed by atoms with Gasteiger partial charge in [-0.15, -0.1) is 0 Å². The molecule has 1 amide bonds. The van der Waals surface area contributed by atoms with E-state index in [0.717, 1.165) is 11.6 Å². The highest BCUT2D eigenvalue weighted by Crippen LogP contribution is 2.38. The fourth-order valence-electron chi connectivity index (χ4n) is 2.92. The van der Waals surface area contributed by atoms with Gasteiger partial charge in [-0.25, -0.2) is 10.4 Å². The quantitative estimate of drug-likeness (QED) is 0.399. The van der Waals surface area contributed by atoms with Crippen molar-refractivity contribution in [1.82, 2.24) is 15.0 Å². The molecule has 0 atom stereocenters. The molecular weight excluding hydrogens is 373 g/mol. The summed E-state index contributed by atoms with van der Waals surface area (Å²) in [7, 11) is 3.17. The molecule has 3 rings (SSSR count). The first-order valence-corrected chi connectivity index (χ1v) is 8.23. The second kappa shape index (κ2) is 7.81. The number of hydrazone groups is 1. The molecule has 0 aliphatic carbocycles. The number of carbonyl (C=O) groups is 1. The normalized spacial score (nSPS) is 12.4. The van der Waals surface area contributed by atoms with Crippen molar-refractivity contribution in [2.75, 3.05) is 13.7 Å². The molecule has 1 aromatic heterocycles. The van der Waals surface area contributed by atoms with Crippen LogP contribution in [-0.4, -0.2) is 35.4 Å². The van der Waals surface area contributed by atoms with Crippen LogP contribution in [0.4, 0.5) is 13.2 Å². The van der Waals surface area contributed by atoms with Crippen molar-refractivity contribution in [3.63, 3.8) is 0 Å². The molecule has 0 saturated carbocycles.